The second-order valence-electron chi connectivity index (χ2n) is 5.89. The second kappa shape index (κ2) is 7.21. The van der Waals surface area contributed by atoms with Crippen molar-refractivity contribution in [1.82, 2.24) is 9.88 Å². The van der Waals surface area contributed by atoms with Crippen LogP contribution < -0.4 is 5.32 Å². The summed E-state index contributed by atoms with van der Waals surface area (Å²) in [7, 11) is 0. The van der Waals surface area contributed by atoms with Crippen molar-refractivity contribution in [1.29, 1.82) is 0 Å². The van der Waals surface area contributed by atoms with E-state index in [1.165, 1.54) is 6.07 Å². The van der Waals surface area contributed by atoms with E-state index in [1.54, 1.807) is 6.07 Å². The number of para-hydroxylation sites is 1. The van der Waals surface area contributed by atoms with Gasteiger partial charge in [0, 0.05) is 42.9 Å². The predicted octanol–water partition coefficient (Wildman–Crippen LogP) is 1.79. The lowest BCUT2D eigenvalue weighted by Gasteiger charge is -2.28. The van der Waals surface area contributed by atoms with E-state index in [0.29, 0.717) is 31.8 Å². The molecule has 5 nitrogen and oxygen atoms in total. The largest absolute Gasteiger partial charge is 0.390 e. The number of anilines is 1. The zero-order chi connectivity index (χ0) is 16.2. The first-order valence-corrected chi connectivity index (χ1v) is 7.91. The summed E-state index contributed by atoms with van der Waals surface area (Å²) in [6, 6.07) is 6.79. The Labute approximate surface area is 135 Å². The molecule has 1 aromatic carbocycles. The average Bonchev–Trinajstić information content (AvgIpc) is 2.54. The van der Waals surface area contributed by atoms with Gasteiger partial charge in [-0.2, -0.15) is 0 Å². The number of aliphatic hydroxyl groups excluding tert-OH is 1. The van der Waals surface area contributed by atoms with E-state index < -0.39 is 6.10 Å². The van der Waals surface area contributed by atoms with Crippen molar-refractivity contribution < 1.29 is 14.2 Å². The maximum atomic E-state index is 13.9. The molecule has 1 unspecified atom stereocenters. The predicted molar refractivity (Wildman–Crippen MR) is 88.2 cm³/mol. The van der Waals surface area contributed by atoms with Crippen LogP contribution in [0, 0.1) is 12.7 Å². The maximum absolute atomic E-state index is 13.9. The lowest BCUT2D eigenvalue weighted by Crippen LogP contribution is -2.42. The van der Waals surface area contributed by atoms with E-state index in [-0.39, 0.29) is 5.82 Å². The van der Waals surface area contributed by atoms with Crippen molar-refractivity contribution in [2.75, 3.05) is 44.7 Å². The fourth-order valence-corrected chi connectivity index (χ4v) is 2.86. The number of nitrogens with one attached hydrogen (secondary N) is 1. The van der Waals surface area contributed by atoms with Crippen LogP contribution in [0.3, 0.4) is 0 Å². The number of ether oxygens (including phenoxy) is 1. The van der Waals surface area contributed by atoms with Crippen molar-refractivity contribution in [3.05, 3.63) is 35.8 Å². The van der Waals surface area contributed by atoms with Crippen LogP contribution in [0.5, 0.6) is 0 Å². The molecule has 2 aromatic rings. The first-order chi connectivity index (χ1) is 11.1. The molecular formula is C17H22FN3O2. The number of aryl methyl sites for hydroxylation is 1. The minimum absolute atomic E-state index is 0.330. The van der Waals surface area contributed by atoms with Crippen LogP contribution in [0.25, 0.3) is 10.9 Å². The molecule has 0 spiro atoms. The van der Waals surface area contributed by atoms with Crippen LogP contribution in [0.4, 0.5) is 10.1 Å². The Kier molecular flexibility index (Phi) is 5.05. The van der Waals surface area contributed by atoms with Gasteiger partial charge in [-0.05, 0) is 19.1 Å². The van der Waals surface area contributed by atoms with Gasteiger partial charge in [0.1, 0.15) is 11.3 Å². The minimum atomic E-state index is -0.495. The molecule has 1 atom stereocenters. The van der Waals surface area contributed by atoms with E-state index in [0.717, 1.165) is 29.9 Å². The van der Waals surface area contributed by atoms with Gasteiger partial charge in [-0.15, -0.1) is 0 Å². The topological polar surface area (TPSA) is 57.6 Å². The summed E-state index contributed by atoms with van der Waals surface area (Å²) < 4.78 is 19.2. The van der Waals surface area contributed by atoms with Crippen LogP contribution in [-0.2, 0) is 4.74 Å². The summed E-state index contributed by atoms with van der Waals surface area (Å²) in [5.41, 5.74) is 1.90. The molecule has 2 N–H and O–H groups in total. The van der Waals surface area contributed by atoms with Gasteiger partial charge >= 0.3 is 0 Å². The lowest BCUT2D eigenvalue weighted by molar-refractivity contribution is 0.0171. The smallest absolute Gasteiger partial charge is 0.149 e. The molecule has 1 fully saturated rings. The van der Waals surface area contributed by atoms with Gasteiger partial charge < -0.3 is 15.2 Å². The van der Waals surface area contributed by atoms with E-state index >= 15 is 0 Å². The third kappa shape index (κ3) is 3.96. The van der Waals surface area contributed by atoms with E-state index in [1.807, 2.05) is 19.1 Å². The van der Waals surface area contributed by atoms with Crippen molar-refractivity contribution >= 4 is 16.6 Å². The number of hydrogen-bond donors (Lipinski definition) is 2. The molecule has 1 saturated heterocycles. The number of pyridine rings is 1. The summed E-state index contributed by atoms with van der Waals surface area (Å²) in [5, 5.41) is 14.2. The summed E-state index contributed by atoms with van der Waals surface area (Å²) in [4.78, 5) is 6.44. The van der Waals surface area contributed by atoms with Gasteiger partial charge in [0.25, 0.3) is 0 Å². The number of hydrogen-bond acceptors (Lipinski definition) is 5. The molecule has 1 aliphatic rings. The van der Waals surface area contributed by atoms with Gasteiger partial charge in [-0.25, -0.2) is 9.37 Å². The number of nitrogens with zero attached hydrogens (tertiary/aromatic N) is 2. The number of halogens is 1. The number of aliphatic hydroxyl groups is 1. The second-order valence-corrected chi connectivity index (χ2v) is 5.89. The molecule has 0 saturated carbocycles. The van der Waals surface area contributed by atoms with Gasteiger partial charge in [-0.3, -0.25) is 4.90 Å². The normalized spacial score (nSPS) is 17.3. The van der Waals surface area contributed by atoms with Gasteiger partial charge in [0.05, 0.1) is 19.3 Å². The Bertz CT molecular complexity index is 674. The van der Waals surface area contributed by atoms with Gasteiger partial charge in [0.2, 0.25) is 0 Å². The highest BCUT2D eigenvalue weighted by Gasteiger charge is 2.15. The SMILES string of the molecule is Cc1cc(NCC(O)CN2CCOCC2)c2cccc(F)c2n1. The first kappa shape index (κ1) is 16.1. The molecule has 0 radical (unpaired) electrons. The average molecular weight is 319 g/mol. The molecule has 0 bridgehead atoms. The van der Waals surface area contributed by atoms with Gasteiger partial charge in [-0.1, -0.05) is 12.1 Å². The van der Waals surface area contributed by atoms with Crippen molar-refractivity contribution in [2.24, 2.45) is 0 Å². The first-order valence-electron chi connectivity index (χ1n) is 7.91. The lowest BCUT2D eigenvalue weighted by atomic mass is 10.1. The molecule has 0 aliphatic carbocycles. The van der Waals surface area contributed by atoms with Crippen molar-refractivity contribution in [2.45, 2.75) is 13.0 Å². The fraction of sp³-hybridized carbons (Fsp3) is 0.471. The van der Waals surface area contributed by atoms with Crippen molar-refractivity contribution in [3.8, 4) is 0 Å². The quantitative estimate of drug-likeness (QED) is 0.880. The number of β-amino-alcohol motifs (C(OH)–C–C–N with tert-alkyl or cyclic N) is 1. The maximum Gasteiger partial charge on any atom is 0.149 e. The zero-order valence-electron chi connectivity index (χ0n) is 13.3. The number of morpholine rings is 1. The molecular weight excluding hydrogens is 297 g/mol. The molecule has 2 heterocycles. The third-order valence-corrected chi connectivity index (χ3v) is 4.02. The Balaban J connectivity index is 1.68. The number of rotatable bonds is 5. The van der Waals surface area contributed by atoms with Crippen LogP contribution in [0.2, 0.25) is 0 Å². The Hall–Kier alpha value is -1.76. The highest BCUT2D eigenvalue weighted by Crippen LogP contribution is 2.25. The van der Waals surface area contributed by atoms with Crippen LogP contribution in [0.1, 0.15) is 5.69 Å². The van der Waals surface area contributed by atoms with Gasteiger partial charge in [0.15, 0.2) is 0 Å². The Morgan fingerprint density at radius 1 is 1.39 bits per heavy atom. The summed E-state index contributed by atoms with van der Waals surface area (Å²) in [6.07, 6.45) is -0.495. The monoisotopic (exact) mass is 319 g/mol. The zero-order valence-corrected chi connectivity index (χ0v) is 13.3. The standard InChI is InChI=1S/C17H22FN3O2/c1-12-9-16(14-3-2-4-15(18)17(14)20-12)19-10-13(22)11-21-5-7-23-8-6-21/h2-4,9,13,22H,5-8,10-11H2,1H3,(H,19,20). The summed E-state index contributed by atoms with van der Waals surface area (Å²) in [5.74, 6) is -0.330. The third-order valence-electron chi connectivity index (χ3n) is 4.02. The molecule has 1 aliphatic heterocycles. The molecule has 23 heavy (non-hydrogen) atoms. The Morgan fingerprint density at radius 2 is 2.17 bits per heavy atom. The molecule has 0 amide bonds. The summed E-state index contributed by atoms with van der Waals surface area (Å²) in [6.45, 7) is 5.97. The number of aromatic nitrogens is 1. The van der Waals surface area contributed by atoms with E-state index in [9.17, 15) is 9.50 Å². The molecule has 3 rings (SSSR count). The fourth-order valence-electron chi connectivity index (χ4n) is 2.86. The van der Waals surface area contributed by atoms with E-state index in [2.05, 4.69) is 15.2 Å². The Morgan fingerprint density at radius 3 is 2.96 bits per heavy atom. The van der Waals surface area contributed by atoms with Crippen LogP contribution in [-0.4, -0.2) is 60.5 Å². The van der Waals surface area contributed by atoms with Crippen molar-refractivity contribution in [3.63, 3.8) is 0 Å². The molecule has 124 valence electrons. The minimum Gasteiger partial charge on any atom is -0.390 e. The number of benzene rings is 1. The summed E-state index contributed by atoms with van der Waals surface area (Å²) >= 11 is 0. The van der Waals surface area contributed by atoms with Crippen LogP contribution >= 0.6 is 0 Å². The number of fused-ring (bicyclic) bond motifs is 1. The van der Waals surface area contributed by atoms with Crippen LogP contribution in [0.15, 0.2) is 24.3 Å². The molecule has 1 aromatic heterocycles. The highest BCUT2D eigenvalue weighted by atomic mass is 19.1. The highest BCUT2D eigenvalue weighted by molar-refractivity contribution is 5.91. The van der Waals surface area contributed by atoms with E-state index in [4.69, 9.17) is 4.74 Å². The molecule has 6 heteroatoms.